The summed E-state index contributed by atoms with van der Waals surface area (Å²) in [7, 11) is 0. The van der Waals surface area contributed by atoms with Crippen LogP contribution >= 0.6 is 23.2 Å². The minimum Gasteiger partial charge on any atom is -0.449 e. The molecular weight excluding hydrogens is 411 g/mol. The smallest absolute Gasteiger partial charge is 0.340 e. The number of halogens is 2. The van der Waals surface area contributed by atoms with E-state index in [2.05, 4.69) is 5.32 Å². The van der Waals surface area contributed by atoms with E-state index in [-0.39, 0.29) is 0 Å². The minimum atomic E-state index is -1.01. The summed E-state index contributed by atoms with van der Waals surface area (Å²) in [4.78, 5) is 25.1. The van der Waals surface area contributed by atoms with Gasteiger partial charge in [0.25, 0.3) is 5.91 Å². The first-order chi connectivity index (χ1) is 13.8. The van der Waals surface area contributed by atoms with Gasteiger partial charge in [-0.1, -0.05) is 41.4 Å². The van der Waals surface area contributed by atoms with Gasteiger partial charge in [0, 0.05) is 22.1 Å². The van der Waals surface area contributed by atoms with Crippen molar-refractivity contribution >= 4 is 40.8 Å². The third-order valence-electron chi connectivity index (χ3n) is 4.51. The molecule has 0 saturated carbocycles. The predicted octanol–water partition coefficient (Wildman–Crippen LogP) is 5.58. The summed E-state index contributed by atoms with van der Waals surface area (Å²) in [5.74, 6) is -1.05. The maximum atomic E-state index is 12.7. The lowest BCUT2D eigenvalue weighted by Crippen LogP contribution is -2.30. The van der Waals surface area contributed by atoms with Crippen LogP contribution in [0.5, 0.6) is 0 Å². The second-order valence-corrected chi connectivity index (χ2v) is 7.46. The molecule has 1 amide bonds. The van der Waals surface area contributed by atoms with Crippen LogP contribution in [-0.4, -0.2) is 22.5 Å². The quantitative estimate of drug-likeness (QED) is 0.536. The van der Waals surface area contributed by atoms with Gasteiger partial charge in [0.05, 0.1) is 16.3 Å². The molecule has 3 rings (SSSR count). The molecule has 2 aromatic carbocycles. The van der Waals surface area contributed by atoms with Crippen molar-refractivity contribution in [3.8, 4) is 5.69 Å². The summed E-state index contributed by atoms with van der Waals surface area (Å²) >= 11 is 11.9. The van der Waals surface area contributed by atoms with Crippen molar-refractivity contribution in [2.45, 2.75) is 26.9 Å². The van der Waals surface area contributed by atoms with Crippen LogP contribution in [0.3, 0.4) is 0 Å². The van der Waals surface area contributed by atoms with Crippen molar-refractivity contribution in [1.29, 1.82) is 0 Å². The van der Waals surface area contributed by atoms with Crippen molar-refractivity contribution in [2.75, 3.05) is 5.32 Å². The van der Waals surface area contributed by atoms with E-state index >= 15 is 0 Å². The van der Waals surface area contributed by atoms with Crippen LogP contribution in [0.1, 0.15) is 28.7 Å². The number of amides is 1. The highest BCUT2D eigenvalue weighted by molar-refractivity contribution is 6.36. The van der Waals surface area contributed by atoms with Gasteiger partial charge < -0.3 is 14.6 Å². The number of hydrogen-bond acceptors (Lipinski definition) is 3. The third kappa shape index (κ3) is 4.63. The fourth-order valence-corrected chi connectivity index (χ4v) is 3.50. The lowest BCUT2D eigenvalue weighted by molar-refractivity contribution is -0.123. The molecule has 29 heavy (non-hydrogen) atoms. The van der Waals surface area contributed by atoms with E-state index in [9.17, 15) is 9.59 Å². The first-order valence-electron chi connectivity index (χ1n) is 8.99. The zero-order valence-corrected chi connectivity index (χ0v) is 17.7. The van der Waals surface area contributed by atoms with E-state index in [0.717, 1.165) is 17.1 Å². The molecule has 0 fully saturated rings. The Morgan fingerprint density at radius 2 is 1.72 bits per heavy atom. The standard InChI is InChI=1S/C22H20Cl2N2O3/c1-13-11-18(14(2)26(13)17-7-5-4-6-8-17)22(28)29-15(3)21(27)25-20-10-9-16(23)12-19(20)24/h4-12,15H,1-3H3,(H,25,27). The molecule has 1 N–H and O–H groups in total. The molecule has 1 heterocycles. The van der Waals surface area contributed by atoms with Gasteiger partial charge in [-0.25, -0.2) is 4.79 Å². The van der Waals surface area contributed by atoms with Crippen molar-refractivity contribution in [2.24, 2.45) is 0 Å². The largest absolute Gasteiger partial charge is 0.449 e. The number of carbonyl (C=O) groups is 2. The molecule has 7 heteroatoms. The van der Waals surface area contributed by atoms with E-state index in [1.165, 1.54) is 13.0 Å². The molecule has 0 saturated heterocycles. The fourth-order valence-electron chi connectivity index (χ4n) is 3.05. The Morgan fingerprint density at radius 3 is 2.38 bits per heavy atom. The Labute approximate surface area is 179 Å². The number of nitrogens with one attached hydrogen (secondary N) is 1. The van der Waals surface area contributed by atoms with Gasteiger partial charge in [-0.15, -0.1) is 0 Å². The van der Waals surface area contributed by atoms with Crippen molar-refractivity contribution in [3.63, 3.8) is 0 Å². The highest BCUT2D eigenvalue weighted by Crippen LogP contribution is 2.26. The predicted molar refractivity (Wildman–Crippen MR) is 115 cm³/mol. The normalized spacial score (nSPS) is 11.8. The number of aromatic nitrogens is 1. The van der Waals surface area contributed by atoms with Crippen LogP contribution in [0.2, 0.25) is 10.0 Å². The van der Waals surface area contributed by atoms with Crippen LogP contribution in [0.15, 0.2) is 54.6 Å². The number of ether oxygens (including phenoxy) is 1. The lowest BCUT2D eigenvalue weighted by atomic mass is 10.2. The molecule has 0 aliphatic heterocycles. The molecular formula is C22H20Cl2N2O3. The zero-order chi connectivity index (χ0) is 21.1. The molecule has 0 aliphatic carbocycles. The summed E-state index contributed by atoms with van der Waals surface area (Å²) < 4.78 is 7.35. The summed E-state index contributed by atoms with van der Waals surface area (Å²) in [5, 5.41) is 3.40. The first-order valence-corrected chi connectivity index (χ1v) is 9.74. The topological polar surface area (TPSA) is 60.3 Å². The lowest BCUT2D eigenvalue weighted by Gasteiger charge is -2.14. The number of rotatable bonds is 5. The van der Waals surface area contributed by atoms with E-state index in [1.807, 2.05) is 48.7 Å². The molecule has 0 bridgehead atoms. The molecule has 150 valence electrons. The van der Waals surface area contributed by atoms with Gasteiger partial charge in [0.15, 0.2) is 6.10 Å². The molecule has 5 nitrogen and oxygen atoms in total. The minimum absolute atomic E-state index is 0.302. The summed E-state index contributed by atoms with van der Waals surface area (Å²) in [6.07, 6.45) is -1.01. The van der Waals surface area contributed by atoms with Gasteiger partial charge in [-0.2, -0.15) is 0 Å². The summed E-state index contributed by atoms with van der Waals surface area (Å²) in [5.41, 5.74) is 3.39. The first kappa shape index (κ1) is 21.0. The molecule has 0 radical (unpaired) electrons. The van der Waals surface area contributed by atoms with Crippen molar-refractivity contribution < 1.29 is 14.3 Å². The van der Waals surface area contributed by atoms with Crippen LogP contribution in [0.25, 0.3) is 5.69 Å². The Morgan fingerprint density at radius 1 is 1.03 bits per heavy atom. The molecule has 0 aliphatic rings. The van der Waals surface area contributed by atoms with E-state index in [4.69, 9.17) is 27.9 Å². The number of hydrogen-bond donors (Lipinski definition) is 1. The molecule has 3 aromatic rings. The Kier molecular flexibility index (Phi) is 6.30. The zero-order valence-electron chi connectivity index (χ0n) is 16.2. The SMILES string of the molecule is Cc1cc(C(=O)OC(C)C(=O)Nc2ccc(Cl)cc2Cl)c(C)n1-c1ccccc1. The third-order valence-corrected chi connectivity index (χ3v) is 5.06. The van der Waals surface area contributed by atoms with Gasteiger partial charge in [-0.05, 0) is 57.2 Å². The summed E-state index contributed by atoms with van der Waals surface area (Å²) in [6.45, 7) is 5.26. The number of esters is 1. The second-order valence-electron chi connectivity index (χ2n) is 6.62. The number of anilines is 1. The van der Waals surface area contributed by atoms with E-state index in [1.54, 1.807) is 18.2 Å². The van der Waals surface area contributed by atoms with Crippen LogP contribution in [-0.2, 0) is 9.53 Å². The Bertz CT molecular complexity index is 1060. The maximum absolute atomic E-state index is 12.7. The van der Waals surface area contributed by atoms with Crippen LogP contribution in [0, 0.1) is 13.8 Å². The van der Waals surface area contributed by atoms with Gasteiger partial charge in [0.2, 0.25) is 0 Å². The number of nitrogens with zero attached hydrogens (tertiary/aromatic N) is 1. The van der Waals surface area contributed by atoms with Gasteiger partial charge >= 0.3 is 5.97 Å². The molecule has 0 spiro atoms. The fraction of sp³-hybridized carbons (Fsp3) is 0.182. The average Bonchev–Trinajstić information content (AvgIpc) is 2.98. The monoisotopic (exact) mass is 430 g/mol. The second kappa shape index (κ2) is 8.72. The highest BCUT2D eigenvalue weighted by atomic mass is 35.5. The molecule has 1 aromatic heterocycles. The Hall–Kier alpha value is -2.76. The van der Waals surface area contributed by atoms with Gasteiger partial charge in [0.1, 0.15) is 0 Å². The highest BCUT2D eigenvalue weighted by Gasteiger charge is 2.23. The average molecular weight is 431 g/mol. The van der Waals surface area contributed by atoms with Crippen molar-refractivity contribution in [1.82, 2.24) is 4.57 Å². The molecule has 1 atom stereocenters. The molecule has 1 unspecified atom stereocenters. The maximum Gasteiger partial charge on any atom is 0.340 e. The summed E-state index contributed by atoms with van der Waals surface area (Å²) in [6, 6.07) is 16.2. The van der Waals surface area contributed by atoms with Crippen LogP contribution in [0.4, 0.5) is 5.69 Å². The van der Waals surface area contributed by atoms with E-state index < -0.39 is 18.0 Å². The number of benzene rings is 2. The van der Waals surface area contributed by atoms with E-state index in [0.29, 0.717) is 21.3 Å². The Balaban J connectivity index is 1.74. The van der Waals surface area contributed by atoms with Crippen molar-refractivity contribution in [3.05, 3.63) is 81.6 Å². The number of carbonyl (C=O) groups excluding carboxylic acids is 2. The van der Waals surface area contributed by atoms with Crippen LogP contribution < -0.4 is 5.32 Å². The number of aryl methyl sites for hydroxylation is 1. The number of para-hydroxylation sites is 1. The van der Waals surface area contributed by atoms with Gasteiger partial charge in [-0.3, -0.25) is 4.79 Å².